The molecule has 0 fully saturated rings. The van der Waals surface area contributed by atoms with Crippen molar-refractivity contribution in [1.82, 2.24) is 19.5 Å². The molecule has 0 aliphatic carbocycles. The number of aromatic hydroxyl groups is 1. The molecule has 2 atom stereocenters. The number of phenolic OH excluding ortho intramolecular Hbond substituents is 1. The zero-order chi connectivity index (χ0) is 21.1. The van der Waals surface area contributed by atoms with Gasteiger partial charge in [-0.1, -0.05) is 6.92 Å². The van der Waals surface area contributed by atoms with Crippen LogP contribution in [0.1, 0.15) is 45.7 Å². The molecule has 4 N–H and O–H groups in total. The first-order chi connectivity index (χ1) is 13.8. The summed E-state index contributed by atoms with van der Waals surface area (Å²) in [6.07, 6.45) is 1.82. The summed E-state index contributed by atoms with van der Waals surface area (Å²) >= 11 is 0. The lowest BCUT2D eigenvalue weighted by Gasteiger charge is -2.20. The minimum Gasteiger partial charge on any atom is -0.508 e. The van der Waals surface area contributed by atoms with Crippen molar-refractivity contribution in [3.05, 3.63) is 35.9 Å². The summed E-state index contributed by atoms with van der Waals surface area (Å²) in [6.45, 7) is 7.89. The molecule has 0 amide bonds. The Balaban J connectivity index is 1.98. The van der Waals surface area contributed by atoms with Crippen molar-refractivity contribution in [3.63, 3.8) is 0 Å². The quantitative estimate of drug-likeness (QED) is 0.457. The fourth-order valence-corrected chi connectivity index (χ4v) is 3.09. The van der Waals surface area contributed by atoms with Gasteiger partial charge in [0.1, 0.15) is 11.6 Å². The highest BCUT2D eigenvalue weighted by Crippen LogP contribution is 2.26. The summed E-state index contributed by atoms with van der Waals surface area (Å²) in [6, 6.07) is 3.73. The Morgan fingerprint density at radius 1 is 1.21 bits per heavy atom. The van der Waals surface area contributed by atoms with E-state index in [2.05, 4.69) is 25.6 Å². The van der Waals surface area contributed by atoms with Crippen LogP contribution in [0.25, 0.3) is 11.2 Å². The zero-order valence-corrected chi connectivity index (χ0v) is 17.0. The monoisotopic (exact) mass is 402 g/mol. The Morgan fingerprint density at radius 3 is 2.62 bits per heavy atom. The molecule has 0 radical (unpaired) electrons. The van der Waals surface area contributed by atoms with Crippen molar-refractivity contribution in [2.24, 2.45) is 0 Å². The fraction of sp³-hybridized carbons (Fsp3) is 0.450. The molecule has 0 saturated carbocycles. The summed E-state index contributed by atoms with van der Waals surface area (Å²) in [5, 5.41) is 26.2. The van der Waals surface area contributed by atoms with Crippen molar-refractivity contribution in [1.29, 1.82) is 0 Å². The molecule has 0 aliphatic rings. The number of aromatic nitrogens is 4. The maximum Gasteiger partial charge on any atom is 0.227 e. The fourth-order valence-electron chi connectivity index (χ4n) is 3.09. The van der Waals surface area contributed by atoms with E-state index in [0.717, 1.165) is 0 Å². The van der Waals surface area contributed by atoms with E-state index in [-0.39, 0.29) is 24.4 Å². The maximum atomic E-state index is 13.5. The number of imidazole rings is 1. The van der Waals surface area contributed by atoms with E-state index in [1.165, 1.54) is 18.2 Å². The van der Waals surface area contributed by atoms with E-state index in [4.69, 9.17) is 0 Å². The van der Waals surface area contributed by atoms with Crippen LogP contribution >= 0.6 is 0 Å². The molecule has 2 heterocycles. The van der Waals surface area contributed by atoms with Crippen LogP contribution in [0.15, 0.2) is 24.5 Å². The van der Waals surface area contributed by atoms with E-state index in [1.54, 1.807) is 13.3 Å². The second-order valence-corrected chi connectivity index (χ2v) is 7.34. The van der Waals surface area contributed by atoms with Crippen LogP contribution in [-0.4, -0.2) is 41.9 Å². The van der Waals surface area contributed by atoms with E-state index in [9.17, 15) is 14.6 Å². The molecule has 3 aromatic rings. The van der Waals surface area contributed by atoms with Gasteiger partial charge in [0.15, 0.2) is 17.0 Å². The van der Waals surface area contributed by atoms with Gasteiger partial charge >= 0.3 is 0 Å². The SMILES string of the molecule is CC[C@@H](Nc1nc(NCc2cc(F)ccc2O)c2ncn(C(C)C)c2n1)C(C)O. The number of hydrogen-bond acceptors (Lipinski definition) is 7. The van der Waals surface area contributed by atoms with Gasteiger partial charge in [-0.05, 0) is 45.4 Å². The van der Waals surface area contributed by atoms with E-state index >= 15 is 0 Å². The van der Waals surface area contributed by atoms with Crippen LogP contribution in [0.2, 0.25) is 0 Å². The highest BCUT2D eigenvalue weighted by atomic mass is 19.1. The number of fused-ring (bicyclic) bond motifs is 1. The molecule has 1 unspecified atom stereocenters. The lowest BCUT2D eigenvalue weighted by Crippen LogP contribution is -2.31. The predicted octanol–water partition coefficient (Wildman–Crippen LogP) is 3.44. The number of aliphatic hydroxyl groups is 1. The number of phenols is 1. The van der Waals surface area contributed by atoms with Crippen molar-refractivity contribution >= 4 is 22.9 Å². The van der Waals surface area contributed by atoms with Gasteiger partial charge in [-0.25, -0.2) is 9.37 Å². The molecule has 156 valence electrons. The molecular weight excluding hydrogens is 375 g/mol. The third kappa shape index (κ3) is 4.56. The lowest BCUT2D eigenvalue weighted by atomic mass is 10.1. The molecule has 1 aromatic carbocycles. The summed E-state index contributed by atoms with van der Waals surface area (Å²) in [4.78, 5) is 13.5. The van der Waals surface area contributed by atoms with Gasteiger partial charge in [-0.3, -0.25) is 0 Å². The molecule has 0 aliphatic heterocycles. The van der Waals surface area contributed by atoms with Gasteiger partial charge in [0.25, 0.3) is 0 Å². The number of aliphatic hydroxyl groups excluding tert-OH is 1. The van der Waals surface area contributed by atoms with Gasteiger partial charge in [0.05, 0.1) is 18.5 Å². The largest absolute Gasteiger partial charge is 0.508 e. The highest BCUT2D eigenvalue weighted by Gasteiger charge is 2.19. The number of benzene rings is 1. The standard InChI is InChI=1S/C20H27FN6O2/c1-5-15(12(4)28)24-20-25-18(17-19(26-20)27(10-23-17)11(2)3)22-9-13-8-14(21)6-7-16(13)29/h6-8,10-12,15,28-29H,5,9H2,1-4H3,(H2,22,24,25,26)/t12?,15-/m1/s1. The first-order valence-corrected chi connectivity index (χ1v) is 9.70. The van der Waals surface area contributed by atoms with Crippen molar-refractivity contribution in [2.45, 2.75) is 58.8 Å². The van der Waals surface area contributed by atoms with Gasteiger partial charge < -0.3 is 25.4 Å². The van der Waals surface area contributed by atoms with Gasteiger partial charge in [0.2, 0.25) is 5.95 Å². The van der Waals surface area contributed by atoms with Crippen molar-refractivity contribution < 1.29 is 14.6 Å². The molecule has 8 nitrogen and oxygen atoms in total. The summed E-state index contributed by atoms with van der Waals surface area (Å²) in [5.74, 6) is 0.386. The lowest BCUT2D eigenvalue weighted by molar-refractivity contribution is 0.169. The minimum absolute atomic E-state index is 0.00425. The Labute approximate surface area is 168 Å². The van der Waals surface area contributed by atoms with Gasteiger partial charge in [0, 0.05) is 18.2 Å². The number of anilines is 2. The summed E-state index contributed by atoms with van der Waals surface area (Å²) in [7, 11) is 0. The Hall–Kier alpha value is -2.94. The average Bonchev–Trinajstić information content (AvgIpc) is 3.10. The minimum atomic E-state index is -0.574. The Bertz CT molecular complexity index is 989. The third-order valence-corrected chi connectivity index (χ3v) is 4.80. The van der Waals surface area contributed by atoms with E-state index < -0.39 is 11.9 Å². The zero-order valence-electron chi connectivity index (χ0n) is 17.0. The Morgan fingerprint density at radius 2 is 1.97 bits per heavy atom. The molecule has 9 heteroatoms. The van der Waals surface area contributed by atoms with Crippen LogP contribution < -0.4 is 10.6 Å². The molecule has 0 saturated heterocycles. The Kier molecular flexibility index (Phi) is 6.17. The maximum absolute atomic E-state index is 13.5. The highest BCUT2D eigenvalue weighted by molar-refractivity contribution is 5.84. The first kappa shape index (κ1) is 20.8. The van der Waals surface area contributed by atoms with Crippen molar-refractivity contribution in [3.8, 4) is 5.75 Å². The summed E-state index contributed by atoms with van der Waals surface area (Å²) < 4.78 is 15.5. The normalized spacial score (nSPS) is 13.6. The smallest absolute Gasteiger partial charge is 0.227 e. The molecule has 2 aromatic heterocycles. The number of hydrogen-bond donors (Lipinski definition) is 4. The van der Waals surface area contributed by atoms with Crippen LogP contribution in [0.5, 0.6) is 5.75 Å². The van der Waals surface area contributed by atoms with Crippen LogP contribution in [-0.2, 0) is 6.54 Å². The topological polar surface area (TPSA) is 108 Å². The summed E-state index contributed by atoms with van der Waals surface area (Å²) in [5.41, 5.74) is 1.62. The molecule has 0 spiro atoms. The van der Waals surface area contributed by atoms with Gasteiger partial charge in [-0.15, -0.1) is 0 Å². The second-order valence-electron chi connectivity index (χ2n) is 7.34. The van der Waals surface area contributed by atoms with Gasteiger partial charge in [-0.2, -0.15) is 9.97 Å². The number of nitrogens with zero attached hydrogens (tertiary/aromatic N) is 4. The van der Waals surface area contributed by atoms with Crippen LogP contribution in [0.3, 0.4) is 0 Å². The average molecular weight is 402 g/mol. The van der Waals surface area contributed by atoms with Crippen molar-refractivity contribution in [2.75, 3.05) is 10.6 Å². The molecule has 29 heavy (non-hydrogen) atoms. The second kappa shape index (κ2) is 8.60. The third-order valence-electron chi connectivity index (χ3n) is 4.80. The molecular formula is C20H27FN6O2. The van der Waals surface area contributed by atoms with E-state index in [1.807, 2.05) is 25.3 Å². The van der Waals surface area contributed by atoms with Crippen LogP contribution in [0, 0.1) is 5.82 Å². The molecule has 0 bridgehead atoms. The van der Waals surface area contributed by atoms with E-state index in [0.29, 0.717) is 34.9 Å². The number of rotatable bonds is 8. The molecule has 3 rings (SSSR count). The first-order valence-electron chi connectivity index (χ1n) is 9.70. The number of nitrogens with one attached hydrogen (secondary N) is 2. The van der Waals surface area contributed by atoms with Crippen LogP contribution in [0.4, 0.5) is 16.2 Å². The number of halogens is 1. The predicted molar refractivity (Wildman–Crippen MR) is 110 cm³/mol.